The largest absolute Gasteiger partial charge is 0.438 e. The monoisotopic (exact) mass is 428 g/mol. The van der Waals surface area contributed by atoms with Crippen LogP contribution in [0.25, 0.3) is 11.0 Å². The van der Waals surface area contributed by atoms with Crippen LogP contribution in [0.2, 0.25) is 10.0 Å². The summed E-state index contributed by atoms with van der Waals surface area (Å²) >= 11 is 11.8. The van der Waals surface area contributed by atoms with Crippen molar-refractivity contribution in [3.05, 3.63) is 82.5 Å². The van der Waals surface area contributed by atoms with Crippen LogP contribution < -0.4 is 10.1 Å². The highest BCUT2D eigenvalue weighted by Gasteiger charge is 2.14. The first kappa shape index (κ1) is 19.0. The molecule has 0 aliphatic rings. The number of nitrogens with one attached hydrogen (secondary N) is 1. The number of carbonyl (C=O) groups excluding carboxylic acids is 1. The summed E-state index contributed by atoms with van der Waals surface area (Å²) in [6.45, 7) is 0. The first-order valence-corrected chi connectivity index (χ1v) is 9.06. The van der Waals surface area contributed by atoms with E-state index in [-0.39, 0.29) is 16.5 Å². The minimum Gasteiger partial charge on any atom is -0.438 e. The maximum absolute atomic E-state index is 13.8. The number of fused-ring (bicyclic) bond motifs is 1. The van der Waals surface area contributed by atoms with Gasteiger partial charge in [0.25, 0.3) is 5.91 Å². The van der Waals surface area contributed by atoms with Crippen molar-refractivity contribution in [2.75, 3.05) is 5.32 Å². The van der Waals surface area contributed by atoms with Gasteiger partial charge in [-0.3, -0.25) is 14.8 Å². The Morgan fingerprint density at radius 1 is 1.00 bits per heavy atom. The molecule has 0 bridgehead atoms. The molecule has 29 heavy (non-hydrogen) atoms. The Kier molecular flexibility index (Phi) is 5.24. The van der Waals surface area contributed by atoms with Crippen molar-refractivity contribution in [1.29, 1.82) is 0 Å². The second-order valence-corrected chi connectivity index (χ2v) is 6.74. The van der Waals surface area contributed by atoms with Crippen molar-refractivity contribution in [3.8, 4) is 11.6 Å². The Morgan fingerprint density at radius 2 is 1.76 bits per heavy atom. The fraction of sp³-hybridized carbons (Fsp3) is 0. The predicted molar refractivity (Wildman–Crippen MR) is 108 cm³/mol. The molecule has 144 valence electrons. The standard InChI is InChI=1S/C20H11Cl2FN4O2/c21-11-7-16(22)20(26-10-11)29-14-3-1-13(2-4-14)27-19(28)15-8-12(23)9-17-18(15)25-6-5-24-17/h1-10H,(H,27,28). The van der Waals surface area contributed by atoms with Crippen molar-refractivity contribution < 1.29 is 13.9 Å². The van der Waals surface area contributed by atoms with Crippen molar-refractivity contribution in [2.45, 2.75) is 0 Å². The molecule has 1 amide bonds. The molecule has 4 rings (SSSR count). The highest BCUT2D eigenvalue weighted by atomic mass is 35.5. The number of hydrogen-bond donors (Lipinski definition) is 1. The van der Waals surface area contributed by atoms with Crippen LogP contribution in [0.1, 0.15) is 10.4 Å². The fourth-order valence-electron chi connectivity index (χ4n) is 2.61. The number of carbonyl (C=O) groups is 1. The van der Waals surface area contributed by atoms with E-state index in [2.05, 4.69) is 20.3 Å². The number of benzene rings is 2. The molecule has 0 aliphatic heterocycles. The maximum Gasteiger partial charge on any atom is 0.258 e. The van der Waals surface area contributed by atoms with Crippen LogP contribution in [-0.2, 0) is 0 Å². The molecule has 0 saturated carbocycles. The zero-order valence-corrected chi connectivity index (χ0v) is 16.1. The molecular weight excluding hydrogens is 418 g/mol. The van der Waals surface area contributed by atoms with Crippen molar-refractivity contribution in [1.82, 2.24) is 15.0 Å². The van der Waals surface area contributed by atoms with Crippen LogP contribution in [0, 0.1) is 5.82 Å². The summed E-state index contributed by atoms with van der Waals surface area (Å²) in [6.07, 6.45) is 4.30. The molecule has 0 aliphatic carbocycles. The van der Waals surface area contributed by atoms with Crippen molar-refractivity contribution in [3.63, 3.8) is 0 Å². The lowest BCUT2D eigenvalue weighted by molar-refractivity contribution is 0.102. The third-order valence-electron chi connectivity index (χ3n) is 3.88. The summed E-state index contributed by atoms with van der Waals surface area (Å²) in [4.78, 5) is 24.8. The van der Waals surface area contributed by atoms with E-state index >= 15 is 0 Å². The Labute approximate surface area is 174 Å². The van der Waals surface area contributed by atoms with Crippen LogP contribution in [0.3, 0.4) is 0 Å². The van der Waals surface area contributed by atoms with Crippen LogP contribution in [0.4, 0.5) is 10.1 Å². The summed E-state index contributed by atoms with van der Waals surface area (Å²) in [5, 5.41) is 3.37. The number of amides is 1. The highest BCUT2D eigenvalue weighted by Crippen LogP contribution is 2.29. The third kappa shape index (κ3) is 4.26. The predicted octanol–water partition coefficient (Wildman–Crippen LogP) is 5.52. The van der Waals surface area contributed by atoms with Gasteiger partial charge in [0.1, 0.15) is 22.1 Å². The van der Waals surface area contributed by atoms with Gasteiger partial charge < -0.3 is 10.1 Å². The zero-order chi connectivity index (χ0) is 20.4. The Bertz CT molecular complexity index is 1220. The SMILES string of the molecule is O=C(Nc1ccc(Oc2ncc(Cl)cc2Cl)cc1)c1cc(F)cc2nccnc12. The molecule has 4 aromatic rings. The van der Waals surface area contributed by atoms with Crippen LogP contribution in [0.15, 0.2) is 61.1 Å². The summed E-state index contributed by atoms with van der Waals surface area (Å²) in [6, 6.07) is 10.4. The van der Waals surface area contributed by atoms with Crippen LogP contribution in [-0.4, -0.2) is 20.9 Å². The van der Waals surface area contributed by atoms with E-state index < -0.39 is 11.7 Å². The van der Waals surface area contributed by atoms with Crippen LogP contribution in [0.5, 0.6) is 11.6 Å². The zero-order valence-electron chi connectivity index (χ0n) is 14.6. The van der Waals surface area contributed by atoms with E-state index in [4.69, 9.17) is 27.9 Å². The third-order valence-corrected chi connectivity index (χ3v) is 4.36. The number of nitrogens with zero attached hydrogens (tertiary/aromatic N) is 3. The molecule has 6 nitrogen and oxygen atoms in total. The van der Waals surface area contributed by atoms with Gasteiger partial charge >= 0.3 is 0 Å². The second kappa shape index (κ2) is 7.98. The maximum atomic E-state index is 13.8. The normalized spacial score (nSPS) is 10.7. The van der Waals surface area contributed by atoms with Gasteiger partial charge in [0, 0.05) is 30.3 Å². The molecule has 0 spiro atoms. The average Bonchev–Trinajstić information content (AvgIpc) is 2.70. The molecule has 9 heteroatoms. The number of rotatable bonds is 4. The van der Waals surface area contributed by atoms with Gasteiger partial charge in [0.05, 0.1) is 16.1 Å². The summed E-state index contributed by atoms with van der Waals surface area (Å²) < 4.78 is 19.4. The Hall–Kier alpha value is -3.29. The summed E-state index contributed by atoms with van der Waals surface area (Å²) in [5.74, 6) is -0.412. The van der Waals surface area contributed by atoms with Gasteiger partial charge in [-0.15, -0.1) is 0 Å². The van der Waals surface area contributed by atoms with E-state index in [0.717, 1.165) is 6.07 Å². The topological polar surface area (TPSA) is 77.0 Å². The summed E-state index contributed by atoms with van der Waals surface area (Å²) in [5.41, 5.74) is 1.19. The van der Waals surface area contributed by atoms with Gasteiger partial charge in [-0.2, -0.15) is 0 Å². The van der Waals surface area contributed by atoms with E-state index in [1.54, 1.807) is 24.3 Å². The molecule has 2 aromatic heterocycles. The molecule has 2 heterocycles. The molecule has 1 N–H and O–H groups in total. The van der Waals surface area contributed by atoms with Gasteiger partial charge in [-0.25, -0.2) is 9.37 Å². The van der Waals surface area contributed by atoms with E-state index in [1.165, 1.54) is 30.7 Å². The quantitative estimate of drug-likeness (QED) is 0.463. The average molecular weight is 429 g/mol. The van der Waals surface area contributed by atoms with Crippen LogP contribution >= 0.6 is 23.2 Å². The number of halogens is 3. The smallest absolute Gasteiger partial charge is 0.258 e. The Balaban J connectivity index is 1.53. The number of ether oxygens (including phenoxy) is 1. The first-order valence-electron chi connectivity index (χ1n) is 8.30. The minimum absolute atomic E-state index is 0.0885. The lowest BCUT2D eigenvalue weighted by atomic mass is 10.1. The van der Waals surface area contributed by atoms with Gasteiger partial charge in [-0.05, 0) is 36.4 Å². The number of anilines is 1. The molecule has 0 atom stereocenters. The molecule has 0 radical (unpaired) electrons. The minimum atomic E-state index is -0.570. The van der Waals surface area contributed by atoms with Crippen molar-refractivity contribution >= 4 is 45.8 Å². The lowest BCUT2D eigenvalue weighted by Crippen LogP contribution is -2.13. The molecular formula is C20H11Cl2FN4O2. The molecule has 0 fully saturated rings. The van der Waals surface area contributed by atoms with Crippen molar-refractivity contribution in [2.24, 2.45) is 0 Å². The number of hydrogen-bond acceptors (Lipinski definition) is 5. The van der Waals surface area contributed by atoms with E-state index in [9.17, 15) is 9.18 Å². The van der Waals surface area contributed by atoms with Gasteiger partial charge in [-0.1, -0.05) is 23.2 Å². The number of aromatic nitrogens is 3. The Morgan fingerprint density at radius 3 is 2.52 bits per heavy atom. The first-order chi connectivity index (χ1) is 14.0. The lowest BCUT2D eigenvalue weighted by Gasteiger charge is -2.09. The van der Waals surface area contributed by atoms with E-state index in [1.807, 2.05) is 0 Å². The molecule has 0 unspecified atom stereocenters. The van der Waals surface area contributed by atoms with E-state index in [0.29, 0.717) is 27.5 Å². The molecule has 0 saturated heterocycles. The van der Waals surface area contributed by atoms with Gasteiger partial charge in [0.15, 0.2) is 0 Å². The molecule has 2 aromatic carbocycles. The number of pyridine rings is 1. The highest BCUT2D eigenvalue weighted by molar-refractivity contribution is 6.35. The fourth-order valence-corrected chi connectivity index (χ4v) is 3.03. The second-order valence-electron chi connectivity index (χ2n) is 5.90. The summed E-state index contributed by atoms with van der Waals surface area (Å²) in [7, 11) is 0. The van der Waals surface area contributed by atoms with Gasteiger partial charge in [0.2, 0.25) is 5.88 Å².